The molecule has 0 bridgehead atoms. The first kappa shape index (κ1) is 17.6. The predicted octanol–water partition coefficient (Wildman–Crippen LogP) is 2.92. The minimum atomic E-state index is -0.890. The van der Waals surface area contributed by atoms with Gasteiger partial charge < -0.3 is 11.1 Å². The molecule has 3 aromatic rings. The second-order valence-electron chi connectivity index (χ2n) is 6.83. The lowest BCUT2D eigenvalue weighted by Gasteiger charge is -2.20. The molecule has 0 unspecified atom stereocenters. The number of primary amides is 1. The molecular formula is C19H22N6O. The van der Waals surface area contributed by atoms with Gasteiger partial charge in [-0.2, -0.15) is 5.10 Å². The highest BCUT2D eigenvalue weighted by atomic mass is 16.1. The number of aryl methyl sites for hydroxylation is 2. The van der Waals surface area contributed by atoms with Crippen molar-refractivity contribution < 1.29 is 4.79 Å². The van der Waals surface area contributed by atoms with Gasteiger partial charge in [-0.1, -0.05) is 6.07 Å². The molecule has 0 aliphatic carbocycles. The van der Waals surface area contributed by atoms with Gasteiger partial charge in [0.1, 0.15) is 5.54 Å². The number of aromatic nitrogens is 4. The highest BCUT2D eigenvalue weighted by Crippen LogP contribution is 2.27. The lowest BCUT2D eigenvalue weighted by Crippen LogP contribution is -2.41. The van der Waals surface area contributed by atoms with Gasteiger partial charge in [0.25, 0.3) is 0 Å². The SMILES string of the molecule is Cc1cc(Nc2nccc(C)n2)cc(-c2cnn(C(C)(C)C(N)=O)c2)c1. The molecule has 7 nitrogen and oxygen atoms in total. The summed E-state index contributed by atoms with van der Waals surface area (Å²) in [4.78, 5) is 20.2. The summed E-state index contributed by atoms with van der Waals surface area (Å²) in [5.74, 6) is 0.113. The number of amides is 1. The van der Waals surface area contributed by atoms with E-state index < -0.39 is 11.4 Å². The van der Waals surface area contributed by atoms with Crippen LogP contribution in [0, 0.1) is 13.8 Å². The van der Waals surface area contributed by atoms with Gasteiger partial charge >= 0.3 is 0 Å². The van der Waals surface area contributed by atoms with Crippen molar-refractivity contribution >= 4 is 17.5 Å². The van der Waals surface area contributed by atoms with Crippen molar-refractivity contribution in [2.24, 2.45) is 5.73 Å². The van der Waals surface area contributed by atoms with E-state index >= 15 is 0 Å². The van der Waals surface area contributed by atoms with Gasteiger partial charge in [-0.3, -0.25) is 9.48 Å². The molecule has 1 aromatic carbocycles. The first-order chi connectivity index (χ1) is 12.3. The zero-order chi connectivity index (χ0) is 18.9. The van der Waals surface area contributed by atoms with Crippen molar-refractivity contribution in [1.82, 2.24) is 19.7 Å². The minimum Gasteiger partial charge on any atom is -0.368 e. The molecule has 2 aromatic heterocycles. The molecule has 0 aliphatic rings. The molecule has 0 atom stereocenters. The zero-order valence-electron chi connectivity index (χ0n) is 15.3. The van der Waals surface area contributed by atoms with E-state index in [1.165, 1.54) is 0 Å². The summed E-state index contributed by atoms with van der Waals surface area (Å²) in [6.07, 6.45) is 5.27. The van der Waals surface area contributed by atoms with E-state index in [2.05, 4.69) is 26.4 Å². The van der Waals surface area contributed by atoms with Crippen molar-refractivity contribution in [1.29, 1.82) is 0 Å². The fourth-order valence-electron chi connectivity index (χ4n) is 2.55. The summed E-state index contributed by atoms with van der Waals surface area (Å²) in [5.41, 5.74) is 9.32. The highest BCUT2D eigenvalue weighted by Gasteiger charge is 2.28. The number of hydrogen-bond acceptors (Lipinski definition) is 5. The largest absolute Gasteiger partial charge is 0.368 e. The normalized spacial score (nSPS) is 11.4. The van der Waals surface area contributed by atoms with Gasteiger partial charge in [-0.25, -0.2) is 9.97 Å². The second-order valence-corrected chi connectivity index (χ2v) is 6.83. The summed E-state index contributed by atoms with van der Waals surface area (Å²) in [6, 6.07) is 7.92. The molecule has 0 fully saturated rings. The standard InChI is InChI=1S/C19H22N6O/c1-12-7-14(15-10-22-25(11-15)19(3,4)17(20)26)9-16(8-12)24-18-21-6-5-13(2)23-18/h5-11H,1-4H3,(H2,20,26)(H,21,23,24). The number of carbonyl (C=O) groups is 1. The Kier molecular flexibility index (Phi) is 4.46. The summed E-state index contributed by atoms with van der Waals surface area (Å²) >= 11 is 0. The van der Waals surface area contributed by atoms with Gasteiger partial charge in [-0.05, 0) is 57.0 Å². The minimum absolute atomic E-state index is 0.435. The van der Waals surface area contributed by atoms with Gasteiger partial charge in [0.2, 0.25) is 11.9 Å². The molecule has 1 amide bonds. The molecule has 0 aliphatic heterocycles. The maximum absolute atomic E-state index is 11.6. The smallest absolute Gasteiger partial charge is 0.244 e. The molecule has 0 saturated carbocycles. The zero-order valence-corrected chi connectivity index (χ0v) is 15.3. The lowest BCUT2D eigenvalue weighted by atomic mass is 10.0. The number of nitrogens with zero attached hydrogens (tertiary/aromatic N) is 4. The molecule has 0 radical (unpaired) electrons. The van der Waals surface area contributed by atoms with E-state index in [1.807, 2.05) is 38.2 Å². The van der Waals surface area contributed by atoms with Crippen molar-refractivity contribution in [3.05, 3.63) is 54.1 Å². The first-order valence-corrected chi connectivity index (χ1v) is 8.29. The number of benzene rings is 1. The third-order valence-corrected chi connectivity index (χ3v) is 4.22. The van der Waals surface area contributed by atoms with E-state index in [9.17, 15) is 4.79 Å². The van der Waals surface area contributed by atoms with Crippen LogP contribution in [-0.4, -0.2) is 25.7 Å². The molecular weight excluding hydrogens is 328 g/mol. The third-order valence-electron chi connectivity index (χ3n) is 4.22. The Morgan fingerprint density at radius 1 is 1.19 bits per heavy atom. The second kappa shape index (κ2) is 6.59. The molecule has 26 heavy (non-hydrogen) atoms. The van der Waals surface area contributed by atoms with Crippen LogP contribution in [0.5, 0.6) is 0 Å². The first-order valence-electron chi connectivity index (χ1n) is 8.29. The number of hydrogen-bond donors (Lipinski definition) is 2. The topological polar surface area (TPSA) is 98.7 Å². The molecule has 7 heteroatoms. The van der Waals surface area contributed by atoms with Gasteiger partial charge in [-0.15, -0.1) is 0 Å². The maximum Gasteiger partial charge on any atom is 0.244 e. The van der Waals surface area contributed by atoms with Crippen LogP contribution in [0.25, 0.3) is 11.1 Å². The Hall–Kier alpha value is -3.22. The van der Waals surface area contributed by atoms with Crippen LogP contribution >= 0.6 is 0 Å². The fourth-order valence-corrected chi connectivity index (χ4v) is 2.55. The van der Waals surface area contributed by atoms with Gasteiger partial charge in [0, 0.05) is 29.3 Å². The van der Waals surface area contributed by atoms with Gasteiger partial charge in [0.15, 0.2) is 0 Å². The summed E-state index contributed by atoms with van der Waals surface area (Å²) in [6.45, 7) is 7.42. The molecule has 0 saturated heterocycles. The van der Waals surface area contributed by atoms with E-state index in [4.69, 9.17) is 5.73 Å². The lowest BCUT2D eigenvalue weighted by molar-refractivity contribution is -0.125. The average molecular weight is 350 g/mol. The van der Waals surface area contributed by atoms with Crippen molar-refractivity contribution in [3.63, 3.8) is 0 Å². The Morgan fingerprint density at radius 2 is 1.96 bits per heavy atom. The Bertz CT molecular complexity index is 960. The number of rotatable bonds is 5. The van der Waals surface area contributed by atoms with Crippen LogP contribution in [-0.2, 0) is 10.3 Å². The Balaban J connectivity index is 1.93. The maximum atomic E-state index is 11.6. The van der Waals surface area contributed by atoms with Crippen LogP contribution in [0.15, 0.2) is 42.9 Å². The van der Waals surface area contributed by atoms with Crippen LogP contribution in [0.2, 0.25) is 0 Å². The Morgan fingerprint density at radius 3 is 2.65 bits per heavy atom. The van der Waals surface area contributed by atoms with Gasteiger partial charge in [0.05, 0.1) is 6.20 Å². The number of nitrogens with one attached hydrogen (secondary N) is 1. The van der Waals surface area contributed by atoms with E-state index in [0.717, 1.165) is 28.1 Å². The quantitative estimate of drug-likeness (QED) is 0.737. The number of carbonyl (C=O) groups excluding carboxylic acids is 1. The van der Waals surface area contributed by atoms with Crippen molar-refractivity contribution in [2.45, 2.75) is 33.2 Å². The molecule has 3 rings (SSSR count). The van der Waals surface area contributed by atoms with Crippen molar-refractivity contribution in [3.8, 4) is 11.1 Å². The third kappa shape index (κ3) is 3.56. The highest BCUT2D eigenvalue weighted by molar-refractivity contribution is 5.82. The van der Waals surface area contributed by atoms with E-state index in [1.54, 1.807) is 30.9 Å². The van der Waals surface area contributed by atoms with E-state index in [-0.39, 0.29) is 0 Å². The summed E-state index contributed by atoms with van der Waals surface area (Å²) in [7, 11) is 0. The van der Waals surface area contributed by atoms with Crippen LogP contribution in [0.1, 0.15) is 25.1 Å². The Labute approximate surface area is 152 Å². The number of nitrogens with two attached hydrogens (primary N) is 1. The summed E-state index contributed by atoms with van der Waals surface area (Å²) in [5, 5.41) is 7.54. The van der Waals surface area contributed by atoms with Crippen molar-refractivity contribution in [2.75, 3.05) is 5.32 Å². The molecule has 134 valence electrons. The molecule has 2 heterocycles. The fraction of sp³-hybridized carbons (Fsp3) is 0.263. The molecule has 3 N–H and O–H groups in total. The molecule has 0 spiro atoms. The number of anilines is 2. The average Bonchev–Trinajstić information content (AvgIpc) is 3.05. The summed E-state index contributed by atoms with van der Waals surface area (Å²) < 4.78 is 1.59. The van der Waals surface area contributed by atoms with Crippen LogP contribution in [0.4, 0.5) is 11.6 Å². The predicted molar refractivity (Wildman–Crippen MR) is 101 cm³/mol. The van der Waals surface area contributed by atoms with E-state index in [0.29, 0.717) is 5.95 Å². The van der Waals surface area contributed by atoms with Crippen LogP contribution in [0.3, 0.4) is 0 Å². The van der Waals surface area contributed by atoms with Crippen LogP contribution < -0.4 is 11.1 Å². The monoisotopic (exact) mass is 350 g/mol.